The summed E-state index contributed by atoms with van der Waals surface area (Å²) in [6.45, 7) is 0. The van der Waals surface area contributed by atoms with Gasteiger partial charge in [0.15, 0.2) is 5.78 Å². The smallest absolute Gasteiger partial charge is 0.171 e. The van der Waals surface area contributed by atoms with Crippen LogP contribution < -0.4 is 0 Å². The third-order valence-corrected chi connectivity index (χ3v) is 2.48. The van der Waals surface area contributed by atoms with Gasteiger partial charge < -0.3 is 0 Å². The zero-order valence-electron chi connectivity index (χ0n) is 7.25. The van der Waals surface area contributed by atoms with Gasteiger partial charge in [0.25, 0.3) is 0 Å². The van der Waals surface area contributed by atoms with E-state index in [0.29, 0.717) is 12.0 Å². The van der Waals surface area contributed by atoms with Crippen LogP contribution in [0.1, 0.15) is 15.2 Å². The first-order valence-electron chi connectivity index (χ1n) is 4.02. The molecule has 0 aliphatic heterocycles. The summed E-state index contributed by atoms with van der Waals surface area (Å²) < 4.78 is 0. The van der Waals surface area contributed by atoms with E-state index in [2.05, 4.69) is 15.0 Å². The Bertz CT molecular complexity index is 413. The number of Topliss-reactive ketones (excluding diaryl/α,β-unsaturated/α-hetero) is 1. The van der Waals surface area contributed by atoms with Crippen molar-refractivity contribution in [2.75, 3.05) is 0 Å². The van der Waals surface area contributed by atoms with Crippen LogP contribution in [0.4, 0.5) is 0 Å². The number of carbonyl (C=O) groups excluding carboxylic acids is 1. The Labute approximate surface area is 84.7 Å². The van der Waals surface area contributed by atoms with Crippen LogP contribution in [0.15, 0.2) is 30.4 Å². The number of thiazole rings is 1. The molecule has 0 amide bonds. The summed E-state index contributed by atoms with van der Waals surface area (Å²) >= 11 is 1.47. The van der Waals surface area contributed by atoms with Gasteiger partial charge in [-0.05, 0) is 0 Å². The van der Waals surface area contributed by atoms with Crippen molar-refractivity contribution in [1.29, 1.82) is 0 Å². The molecule has 0 radical (unpaired) electrons. The Morgan fingerprint density at radius 2 is 2.00 bits per heavy atom. The third kappa shape index (κ3) is 2.00. The maximum atomic E-state index is 11.6. The van der Waals surface area contributed by atoms with Gasteiger partial charge in [0.2, 0.25) is 0 Å². The largest absolute Gasteiger partial charge is 0.294 e. The molecule has 0 atom stereocenters. The topological polar surface area (TPSA) is 55.7 Å². The Morgan fingerprint density at radius 1 is 1.21 bits per heavy atom. The van der Waals surface area contributed by atoms with Crippen molar-refractivity contribution in [3.05, 3.63) is 40.9 Å². The molecule has 2 heterocycles. The molecule has 0 fully saturated rings. The zero-order chi connectivity index (χ0) is 9.80. The third-order valence-electron chi connectivity index (χ3n) is 1.70. The summed E-state index contributed by atoms with van der Waals surface area (Å²) in [6, 6.07) is 0. The van der Waals surface area contributed by atoms with Crippen LogP contribution in [0.2, 0.25) is 0 Å². The predicted molar refractivity (Wildman–Crippen MR) is 52.2 cm³/mol. The highest BCUT2D eigenvalue weighted by atomic mass is 32.1. The van der Waals surface area contributed by atoms with Crippen molar-refractivity contribution in [3.63, 3.8) is 0 Å². The van der Waals surface area contributed by atoms with E-state index in [9.17, 15) is 4.79 Å². The van der Waals surface area contributed by atoms with E-state index in [1.54, 1.807) is 11.7 Å². The highest BCUT2D eigenvalue weighted by molar-refractivity contribution is 7.09. The Morgan fingerprint density at radius 3 is 2.64 bits per heavy atom. The lowest BCUT2D eigenvalue weighted by Crippen LogP contribution is -2.03. The fraction of sp³-hybridized carbons (Fsp3) is 0.111. The molecule has 0 bridgehead atoms. The van der Waals surface area contributed by atoms with Gasteiger partial charge in [0, 0.05) is 29.9 Å². The van der Waals surface area contributed by atoms with E-state index in [4.69, 9.17) is 0 Å². The minimum absolute atomic E-state index is 0.0230. The number of nitrogens with zero attached hydrogens (tertiary/aromatic N) is 3. The minimum Gasteiger partial charge on any atom is -0.294 e. The van der Waals surface area contributed by atoms with E-state index in [1.165, 1.54) is 30.1 Å². The van der Waals surface area contributed by atoms with Crippen LogP contribution in [-0.2, 0) is 6.42 Å². The fourth-order valence-corrected chi connectivity index (χ4v) is 1.63. The summed E-state index contributed by atoms with van der Waals surface area (Å²) in [7, 11) is 0. The molecule has 0 saturated heterocycles. The normalized spacial score (nSPS) is 10.0. The molecule has 0 aromatic carbocycles. The molecule has 14 heavy (non-hydrogen) atoms. The zero-order valence-corrected chi connectivity index (χ0v) is 8.07. The van der Waals surface area contributed by atoms with E-state index < -0.39 is 0 Å². The Hall–Kier alpha value is -1.62. The van der Waals surface area contributed by atoms with E-state index in [-0.39, 0.29) is 5.78 Å². The monoisotopic (exact) mass is 205 g/mol. The second-order valence-corrected chi connectivity index (χ2v) is 3.67. The lowest BCUT2D eigenvalue weighted by atomic mass is 10.1. The lowest BCUT2D eigenvalue weighted by Gasteiger charge is -1.95. The van der Waals surface area contributed by atoms with Crippen molar-refractivity contribution in [2.24, 2.45) is 0 Å². The molecule has 0 aliphatic rings. The average molecular weight is 205 g/mol. The van der Waals surface area contributed by atoms with Gasteiger partial charge in [0.05, 0.1) is 11.1 Å². The van der Waals surface area contributed by atoms with Gasteiger partial charge >= 0.3 is 0 Å². The molecule has 0 spiro atoms. The first kappa shape index (κ1) is 8.96. The van der Waals surface area contributed by atoms with E-state index in [0.717, 1.165) is 4.88 Å². The predicted octanol–water partition coefficient (Wildman–Crippen LogP) is 1.36. The summed E-state index contributed by atoms with van der Waals surface area (Å²) in [5.74, 6) is 0.0230. The highest BCUT2D eigenvalue weighted by Gasteiger charge is 2.07. The quantitative estimate of drug-likeness (QED) is 0.710. The summed E-state index contributed by atoms with van der Waals surface area (Å²) in [5, 5.41) is 0. The van der Waals surface area contributed by atoms with Gasteiger partial charge in [-0.3, -0.25) is 9.78 Å². The van der Waals surface area contributed by atoms with Crippen molar-refractivity contribution in [3.8, 4) is 0 Å². The number of hydrogen-bond acceptors (Lipinski definition) is 5. The molecule has 4 nitrogen and oxygen atoms in total. The molecule has 0 N–H and O–H groups in total. The van der Waals surface area contributed by atoms with Gasteiger partial charge in [-0.15, -0.1) is 11.3 Å². The van der Waals surface area contributed by atoms with E-state index >= 15 is 0 Å². The first-order chi connectivity index (χ1) is 6.86. The maximum Gasteiger partial charge on any atom is 0.171 e. The van der Waals surface area contributed by atoms with Crippen molar-refractivity contribution >= 4 is 17.1 Å². The SMILES string of the molecule is O=C(Cc1cncs1)c1cncnc1. The summed E-state index contributed by atoms with van der Waals surface area (Å²) in [6.07, 6.45) is 6.53. The maximum absolute atomic E-state index is 11.6. The van der Waals surface area contributed by atoms with Crippen LogP contribution in [-0.4, -0.2) is 20.7 Å². The molecule has 2 rings (SSSR count). The summed E-state index contributed by atoms with van der Waals surface area (Å²) in [5.41, 5.74) is 2.25. The van der Waals surface area contributed by atoms with Gasteiger partial charge in [-0.25, -0.2) is 9.97 Å². The van der Waals surface area contributed by atoms with Crippen molar-refractivity contribution in [2.45, 2.75) is 6.42 Å². The second kappa shape index (κ2) is 4.06. The molecule has 0 unspecified atom stereocenters. The Kier molecular flexibility index (Phi) is 2.60. The molecule has 0 saturated carbocycles. The number of hydrogen-bond donors (Lipinski definition) is 0. The molecule has 70 valence electrons. The minimum atomic E-state index is 0.0230. The van der Waals surface area contributed by atoms with E-state index in [1.807, 2.05) is 0 Å². The molecule has 0 aliphatic carbocycles. The van der Waals surface area contributed by atoms with Gasteiger partial charge in [0.1, 0.15) is 6.33 Å². The standard InChI is InChI=1S/C9H7N3OS/c13-9(1-8-4-12-6-14-8)7-2-10-5-11-3-7/h2-6H,1H2. The highest BCUT2D eigenvalue weighted by Crippen LogP contribution is 2.09. The van der Waals surface area contributed by atoms with Crippen LogP contribution >= 0.6 is 11.3 Å². The van der Waals surface area contributed by atoms with Crippen molar-refractivity contribution in [1.82, 2.24) is 15.0 Å². The molecular formula is C9H7N3OS. The lowest BCUT2D eigenvalue weighted by molar-refractivity contribution is 0.0993. The Balaban J connectivity index is 2.11. The fourth-order valence-electron chi connectivity index (χ4n) is 1.03. The van der Waals surface area contributed by atoms with Crippen LogP contribution in [0.5, 0.6) is 0 Å². The van der Waals surface area contributed by atoms with Crippen LogP contribution in [0.3, 0.4) is 0 Å². The number of ketones is 1. The van der Waals surface area contributed by atoms with Crippen LogP contribution in [0.25, 0.3) is 0 Å². The number of carbonyl (C=O) groups is 1. The molecule has 2 aromatic heterocycles. The second-order valence-electron chi connectivity index (χ2n) is 2.69. The molecule has 5 heteroatoms. The van der Waals surface area contributed by atoms with Crippen molar-refractivity contribution < 1.29 is 4.79 Å². The first-order valence-corrected chi connectivity index (χ1v) is 4.90. The molecule has 2 aromatic rings. The summed E-state index contributed by atoms with van der Waals surface area (Å²) in [4.78, 5) is 24.1. The molecular weight excluding hydrogens is 198 g/mol. The van der Waals surface area contributed by atoms with Gasteiger partial charge in [-0.1, -0.05) is 0 Å². The van der Waals surface area contributed by atoms with Crippen LogP contribution in [0, 0.1) is 0 Å². The number of rotatable bonds is 3. The number of aromatic nitrogens is 3. The van der Waals surface area contributed by atoms with Gasteiger partial charge in [-0.2, -0.15) is 0 Å². The average Bonchev–Trinajstić information content (AvgIpc) is 2.72.